The molecule has 0 saturated carbocycles. The van der Waals surface area contributed by atoms with Crippen LogP contribution in [-0.4, -0.2) is 54.0 Å². The molecule has 0 aromatic heterocycles. The van der Waals surface area contributed by atoms with Crippen molar-refractivity contribution in [2.45, 2.75) is 89.2 Å². The Labute approximate surface area is 133 Å². The standard InChI is InChI=1S/C17H30N2O3/c1-17(2,3)22-16(20)19-9-4-5-12(8-10-19)18-14-11-13-6-7-15(14)21-13/h12-15,18H,4-11H2,1-3H3. The molecule has 3 saturated heterocycles. The van der Waals surface area contributed by atoms with Gasteiger partial charge in [0, 0.05) is 25.2 Å². The van der Waals surface area contributed by atoms with Gasteiger partial charge in [0.05, 0.1) is 12.2 Å². The zero-order valence-electron chi connectivity index (χ0n) is 14.1. The first-order chi connectivity index (χ1) is 10.4. The quantitative estimate of drug-likeness (QED) is 0.852. The highest BCUT2D eigenvalue weighted by molar-refractivity contribution is 5.68. The van der Waals surface area contributed by atoms with Gasteiger partial charge in [0.2, 0.25) is 0 Å². The summed E-state index contributed by atoms with van der Waals surface area (Å²) in [6, 6.07) is 1.03. The van der Waals surface area contributed by atoms with Gasteiger partial charge in [-0.05, 0) is 59.3 Å². The summed E-state index contributed by atoms with van der Waals surface area (Å²) in [4.78, 5) is 14.1. The van der Waals surface area contributed by atoms with Gasteiger partial charge in [-0.15, -0.1) is 0 Å². The molecule has 0 aromatic rings. The highest BCUT2D eigenvalue weighted by Gasteiger charge is 2.41. The average molecular weight is 310 g/mol. The Balaban J connectivity index is 1.47. The van der Waals surface area contributed by atoms with E-state index >= 15 is 0 Å². The van der Waals surface area contributed by atoms with Gasteiger partial charge < -0.3 is 19.7 Å². The monoisotopic (exact) mass is 310 g/mol. The van der Waals surface area contributed by atoms with Crippen LogP contribution in [0.3, 0.4) is 0 Å². The van der Waals surface area contributed by atoms with Crippen LogP contribution in [0.15, 0.2) is 0 Å². The van der Waals surface area contributed by atoms with Gasteiger partial charge in [-0.1, -0.05) is 0 Å². The average Bonchev–Trinajstić information content (AvgIpc) is 2.94. The molecule has 1 amide bonds. The predicted molar refractivity (Wildman–Crippen MR) is 84.9 cm³/mol. The maximum absolute atomic E-state index is 12.2. The van der Waals surface area contributed by atoms with Crippen LogP contribution in [0.4, 0.5) is 4.79 Å². The van der Waals surface area contributed by atoms with Crippen LogP contribution >= 0.6 is 0 Å². The van der Waals surface area contributed by atoms with Gasteiger partial charge in [-0.25, -0.2) is 4.79 Å². The van der Waals surface area contributed by atoms with E-state index in [2.05, 4.69) is 5.32 Å². The van der Waals surface area contributed by atoms with Crippen molar-refractivity contribution in [2.75, 3.05) is 13.1 Å². The summed E-state index contributed by atoms with van der Waals surface area (Å²) in [7, 11) is 0. The van der Waals surface area contributed by atoms with Crippen molar-refractivity contribution in [1.82, 2.24) is 10.2 Å². The molecule has 3 aliphatic rings. The smallest absolute Gasteiger partial charge is 0.410 e. The fourth-order valence-electron chi connectivity index (χ4n) is 3.89. The van der Waals surface area contributed by atoms with Crippen LogP contribution in [0.25, 0.3) is 0 Å². The van der Waals surface area contributed by atoms with Crippen molar-refractivity contribution in [2.24, 2.45) is 0 Å². The Hall–Kier alpha value is -0.810. The number of fused-ring (bicyclic) bond motifs is 2. The Morgan fingerprint density at radius 3 is 2.64 bits per heavy atom. The molecule has 0 aromatic carbocycles. The van der Waals surface area contributed by atoms with Crippen molar-refractivity contribution >= 4 is 6.09 Å². The van der Waals surface area contributed by atoms with Crippen LogP contribution in [0.2, 0.25) is 0 Å². The van der Waals surface area contributed by atoms with Crippen LogP contribution in [0.5, 0.6) is 0 Å². The molecule has 0 radical (unpaired) electrons. The molecule has 5 heteroatoms. The number of hydrogen-bond donors (Lipinski definition) is 1. The molecule has 0 spiro atoms. The van der Waals surface area contributed by atoms with Crippen LogP contribution in [-0.2, 0) is 9.47 Å². The number of ether oxygens (including phenoxy) is 2. The summed E-state index contributed by atoms with van der Waals surface area (Å²) in [6.07, 6.45) is 7.53. The molecule has 4 unspecified atom stereocenters. The summed E-state index contributed by atoms with van der Waals surface area (Å²) in [5.74, 6) is 0. The van der Waals surface area contributed by atoms with Crippen molar-refractivity contribution < 1.29 is 14.3 Å². The molecule has 3 aliphatic heterocycles. The summed E-state index contributed by atoms with van der Waals surface area (Å²) < 4.78 is 11.4. The number of carbonyl (C=O) groups is 1. The molecule has 4 atom stereocenters. The molecule has 3 fully saturated rings. The van der Waals surface area contributed by atoms with E-state index < -0.39 is 5.60 Å². The first-order valence-corrected chi connectivity index (χ1v) is 8.80. The molecule has 0 aliphatic carbocycles. The fourth-order valence-corrected chi connectivity index (χ4v) is 3.89. The Bertz CT molecular complexity index is 407. The maximum atomic E-state index is 12.2. The number of likely N-dealkylation sites (tertiary alicyclic amines) is 1. The maximum Gasteiger partial charge on any atom is 0.410 e. The Morgan fingerprint density at radius 2 is 2.00 bits per heavy atom. The summed E-state index contributed by atoms with van der Waals surface area (Å²) in [5, 5.41) is 3.79. The van der Waals surface area contributed by atoms with E-state index in [1.807, 2.05) is 25.7 Å². The highest BCUT2D eigenvalue weighted by Crippen LogP contribution is 2.35. The van der Waals surface area contributed by atoms with E-state index in [4.69, 9.17) is 9.47 Å². The minimum Gasteiger partial charge on any atom is -0.444 e. The third-order valence-corrected chi connectivity index (χ3v) is 4.94. The van der Waals surface area contributed by atoms with Gasteiger partial charge in [-0.3, -0.25) is 0 Å². The number of nitrogens with zero attached hydrogens (tertiary/aromatic N) is 1. The van der Waals surface area contributed by atoms with Crippen LogP contribution in [0, 0.1) is 0 Å². The second kappa shape index (κ2) is 6.36. The lowest BCUT2D eigenvalue weighted by Gasteiger charge is -2.27. The van der Waals surface area contributed by atoms with Gasteiger partial charge in [0.25, 0.3) is 0 Å². The minimum atomic E-state index is -0.415. The van der Waals surface area contributed by atoms with Gasteiger partial charge in [0.1, 0.15) is 5.60 Å². The van der Waals surface area contributed by atoms with Crippen molar-refractivity contribution in [3.05, 3.63) is 0 Å². The largest absolute Gasteiger partial charge is 0.444 e. The van der Waals surface area contributed by atoms with E-state index in [0.29, 0.717) is 24.3 Å². The Kier molecular flexibility index (Phi) is 4.64. The lowest BCUT2D eigenvalue weighted by molar-refractivity contribution is 0.0255. The van der Waals surface area contributed by atoms with E-state index in [9.17, 15) is 4.79 Å². The SMILES string of the molecule is CC(C)(C)OC(=O)N1CCCC(NC2CC3CCC2O3)CC1. The zero-order chi connectivity index (χ0) is 15.7. The van der Waals surface area contributed by atoms with Gasteiger partial charge in [0.15, 0.2) is 0 Å². The molecule has 5 nitrogen and oxygen atoms in total. The second-order valence-corrected chi connectivity index (χ2v) is 7.98. The molecule has 2 bridgehead atoms. The predicted octanol–water partition coefficient (Wildman–Crippen LogP) is 2.69. The zero-order valence-corrected chi connectivity index (χ0v) is 14.1. The van der Waals surface area contributed by atoms with E-state index in [-0.39, 0.29) is 6.09 Å². The minimum absolute atomic E-state index is 0.170. The van der Waals surface area contributed by atoms with Gasteiger partial charge >= 0.3 is 6.09 Å². The number of carbonyl (C=O) groups excluding carboxylic acids is 1. The lowest BCUT2D eigenvalue weighted by atomic mass is 9.94. The molecule has 3 rings (SSSR count). The number of amides is 1. The first kappa shape index (κ1) is 16.1. The number of hydrogen-bond acceptors (Lipinski definition) is 4. The summed E-state index contributed by atoms with van der Waals surface area (Å²) >= 11 is 0. The number of nitrogens with one attached hydrogen (secondary N) is 1. The van der Waals surface area contributed by atoms with Gasteiger partial charge in [-0.2, -0.15) is 0 Å². The molecule has 1 N–H and O–H groups in total. The third kappa shape index (κ3) is 3.93. The van der Waals surface area contributed by atoms with E-state index in [1.165, 1.54) is 12.8 Å². The number of rotatable bonds is 2. The second-order valence-electron chi connectivity index (χ2n) is 7.98. The third-order valence-electron chi connectivity index (χ3n) is 4.94. The molecule has 126 valence electrons. The van der Waals surface area contributed by atoms with Crippen LogP contribution in [0.1, 0.15) is 59.3 Å². The topological polar surface area (TPSA) is 50.8 Å². The molecular formula is C17H30N2O3. The van der Waals surface area contributed by atoms with E-state index in [0.717, 1.165) is 38.8 Å². The molecule has 3 heterocycles. The normalized spacial score (nSPS) is 35.5. The molecule has 22 heavy (non-hydrogen) atoms. The van der Waals surface area contributed by atoms with Crippen LogP contribution < -0.4 is 5.32 Å². The first-order valence-electron chi connectivity index (χ1n) is 8.80. The fraction of sp³-hybridized carbons (Fsp3) is 0.941. The summed E-state index contributed by atoms with van der Waals surface area (Å²) in [6.45, 7) is 7.35. The van der Waals surface area contributed by atoms with Crippen molar-refractivity contribution in [3.63, 3.8) is 0 Å². The highest BCUT2D eigenvalue weighted by atomic mass is 16.6. The lowest BCUT2D eigenvalue weighted by Crippen LogP contribution is -2.44. The van der Waals surface area contributed by atoms with Crippen molar-refractivity contribution in [3.8, 4) is 0 Å². The summed E-state index contributed by atoms with van der Waals surface area (Å²) in [5.41, 5.74) is -0.415. The Morgan fingerprint density at radius 1 is 1.18 bits per heavy atom. The van der Waals surface area contributed by atoms with Crippen molar-refractivity contribution in [1.29, 1.82) is 0 Å². The molecular weight excluding hydrogens is 280 g/mol. The van der Waals surface area contributed by atoms with E-state index in [1.54, 1.807) is 0 Å².